The zero-order valence-corrected chi connectivity index (χ0v) is 12.0. The molecule has 2 aromatic rings. The molecule has 2 aromatic carbocycles. The molecule has 0 radical (unpaired) electrons. The van der Waals surface area contributed by atoms with Crippen LogP contribution in [0.2, 0.25) is 0 Å². The molecule has 1 aliphatic rings. The van der Waals surface area contributed by atoms with Crippen molar-refractivity contribution in [3.63, 3.8) is 0 Å². The zero-order chi connectivity index (χ0) is 15.7. The van der Waals surface area contributed by atoms with Crippen molar-refractivity contribution in [3.05, 3.63) is 64.0 Å². The first-order valence-electron chi connectivity index (χ1n) is 6.93. The SMILES string of the molecule is COc1cc(N[C@@H]2C[C@H]2c2ccc(F)cc2)ccc1[N+](=O)[O-]. The van der Waals surface area contributed by atoms with E-state index < -0.39 is 4.92 Å². The van der Waals surface area contributed by atoms with Gasteiger partial charge in [0, 0.05) is 29.8 Å². The number of nitrogens with zero attached hydrogens (tertiary/aromatic N) is 1. The predicted molar refractivity (Wildman–Crippen MR) is 80.8 cm³/mol. The fourth-order valence-corrected chi connectivity index (χ4v) is 2.57. The van der Waals surface area contributed by atoms with E-state index in [4.69, 9.17) is 4.74 Å². The minimum atomic E-state index is -0.471. The van der Waals surface area contributed by atoms with Crippen LogP contribution in [-0.4, -0.2) is 18.1 Å². The smallest absolute Gasteiger partial charge is 0.311 e. The number of halogens is 1. The van der Waals surface area contributed by atoms with Crippen molar-refractivity contribution < 1.29 is 14.1 Å². The van der Waals surface area contributed by atoms with Crippen molar-refractivity contribution in [2.45, 2.75) is 18.4 Å². The zero-order valence-electron chi connectivity index (χ0n) is 12.0. The van der Waals surface area contributed by atoms with Crippen LogP contribution >= 0.6 is 0 Å². The molecule has 114 valence electrons. The number of rotatable bonds is 5. The van der Waals surface area contributed by atoms with Gasteiger partial charge in [-0.05, 0) is 30.2 Å². The summed E-state index contributed by atoms with van der Waals surface area (Å²) >= 11 is 0. The second kappa shape index (κ2) is 5.63. The lowest BCUT2D eigenvalue weighted by molar-refractivity contribution is -0.385. The lowest BCUT2D eigenvalue weighted by Crippen LogP contribution is -2.05. The fourth-order valence-electron chi connectivity index (χ4n) is 2.57. The average molecular weight is 302 g/mol. The standard InChI is InChI=1S/C16H15FN2O3/c1-22-16-8-12(6-7-15(16)19(20)21)18-14-9-13(14)10-2-4-11(17)5-3-10/h2-8,13-14,18H,9H2,1H3/t13-,14+/m0/s1. The number of anilines is 1. The molecular weight excluding hydrogens is 287 g/mol. The molecule has 6 heteroatoms. The van der Waals surface area contributed by atoms with Gasteiger partial charge in [-0.3, -0.25) is 10.1 Å². The molecule has 0 spiro atoms. The molecule has 2 atom stereocenters. The molecule has 0 unspecified atom stereocenters. The summed E-state index contributed by atoms with van der Waals surface area (Å²) in [5, 5.41) is 14.2. The van der Waals surface area contributed by atoms with E-state index in [1.807, 2.05) is 0 Å². The number of ether oxygens (including phenoxy) is 1. The van der Waals surface area contributed by atoms with E-state index >= 15 is 0 Å². The summed E-state index contributed by atoms with van der Waals surface area (Å²) in [7, 11) is 1.41. The molecule has 1 saturated carbocycles. The highest BCUT2D eigenvalue weighted by atomic mass is 19.1. The molecule has 0 heterocycles. The van der Waals surface area contributed by atoms with Gasteiger partial charge < -0.3 is 10.1 Å². The van der Waals surface area contributed by atoms with E-state index in [0.717, 1.165) is 17.7 Å². The molecule has 1 N–H and O–H groups in total. The minimum absolute atomic E-state index is 0.0565. The van der Waals surface area contributed by atoms with E-state index in [1.165, 1.54) is 25.3 Å². The summed E-state index contributed by atoms with van der Waals surface area (Å²) in [6, 6.07) is 11.5. The maximum Gasteiger partial charge on any atom is 0.311 e. The van der Waals surface area contributed by atoms with E-state index in [2.05, 4.69) is 5.32 Å². The summed E-state index contributed by atoms with van der Waals surface area (Å²) in [5.41, 5.74) is 1.81. The van der Waals surface area contributed by atoms with Crippen LogP contribution in [0.1, 0.15) is 17.9 Å². The molecule has 0 bridgehead atoms. The van der Waals surface area contributed by atoms with Crippen molar-refractivity contribution in [2.24, 2.45) is 0 Å². The molecule has 0 saturated heterocycles. The quantitative estimate of drug-likeness (QED) is 0.675. The van der Waals surface area contributed by atoms with Crippen molar-refractivity contribution >= 4 is 11.4 Å². The van der Waals surface area contributed by atoms with Crippen LogP contribution in [0.4, 0.5) is 15.8 Å². The lowest BCUT2D eigenvalue weighted by Gasteiger charge is -2.08. The van der Waals surface area contributed by atoms with Crippen molar-refractivity contribution in [3.8, 4) is 5.75 Å². The Morgan fingerprint density at radius 2 is 2.00 bits per heavy atom. The highest BCUT2D eigenvalue weighted by Crippen LogP contribution is 2.43. The summed E-state index contributed by atoms with van der Waals surface area (Å²) in [4.78, 5) is 10.4. The van der Waals surface area contributed by atoms with Crippen molar-refractivity contribution in [1.29, 1.82) is 0 Å². The maximum atomic E-state index is 12.9. The molecule has 5 nitrogen and oxygen atoms in total. The van der Waals surface area contributed by atoms with Gasteiger partial charge in [0.25, 0.3) is 0 Å². The molecule has 1 aliphatic carbocycles. The van der Waals surface area contributed by atoms with Crippen molar-refractivity contribution in [2.75, 3.05) is 12.4 Å². The molecule has 0 amide bonds. The highest BCUT2D eigenvalue weighted by Gasteiger charge is 2.38. The number of benzene rings is 2. The van der Waals surface area contributed by atoms with Crippen LogP contribution in [0.15, 0.2) is 42.5 Å². The lowest BCUT2D eigenvalue weighted by atomic mass is 10.1. The fraction of sp³-hybridized carbons (Fsp3) is 0.250. The maximum absolute atomic E-state index is 12.9. The Balaban J connectivity index is 1.70. The van der Waals surface area contributed by atoms with Gasteiger partial charge in [0.1, 0.15) is 5.82 Å². The second-order valence-corrected chi connectivity index (χ2v) is 5.29. The molecule has 0 aromatic heterocycles. The number of methoxy groups -OCH3 is 1. The monoisotopic (exact) mass is 302 g/mol. The van der Waals surface area contributed by atoms with Crippen LogP contribution in [-0.2, 0) is 0 Å². The Morgan fingerprint density at radius 3 is 2.64 bits per heavy atom. The second-order valence-electron chi connectivity index (χ2n) is 5.29. The Labute approximate surface area is 126 Å². The predicted octanol–water partition coefficient (Wildman–Crippen LogP) is 3.71. The van der Waals surface area contributed by atoms with Gasteiger partial charge in [0.05, 0.1) is 12.0 Å². The number of hydrogen-bond acceptors (Lipinski definition) is 4. The van der Waals surface area contributed by atoms with E-state index in [-0.39, 0.29) is 23.3 Å². The van der Waals surface area contributed by atoms with Crippen LogP contribution in [0.25, 0.3) is 0 Å². The minimum Gasteiger partial charge on any atom is -0.490 e. The summed E-state index contributed by atoms with van der Waals surface area (Å²) in [6.45, 7) is 0. The van der Waals surface area contributed by atoms with E-state index in [1.54, 1.807) is 24.3 Å². The Bertz CT molecular complexity index is 703. The average Bonchev–Trinajstić information content (AvgIpc) is 3.26. The van der Waals surface area contributed by atoms with Gasteiger partial charge in [-0.15, -0.1) is 0 Å². The Morgan fingerprint density at radius 1 is 1.27 bits per heavy atom. The first kappa shape index (κ1) is 14.3. The number of nitrogens with one attached hydrogen (secondary N) is 1. The summed E-state index contributed by atoms with van der Waals surface area (Å²) in [5.74, 6) is 0.324. The topological polar surface area (TPSA) is 64.4 Å². The molecule has 22 heavy (non-hydrogen) atoms. The first-order valence-corrected chi connectivity index (χ1v) is 6.93. The van der Waals surface area contributed by atoms with Gasteiger partial charge in [0.2, 0.25) is 0 Å². The third-order valence-electron chi connectivity index (χ3n) is 3.82. The van der Waals surface area contributed by atoms with Crippen LogP contribution in [0.3, 0.4) is 0 Å². The van der Waals surface area contributed by atoms with E-state index in [9.17, 15) is 14.5 Å². The summed E-state index contributed by atoms with van der Waals surface area (Å²) < 4.78 is 18.0. The van der Waals surface area contributed by atoms with Crippen LogP contribution in [0, 0.1) is 15.9 Å². The van der Waals surface area contributed by atoms with Gasteiger partial charge in [0.15, 0.2) is 5.75 Å². The first-order chi connectivity index (χ1) is 10.6. The third-order valence-corrected chi connectivity index (χ3v) is 3.82. The summed E-state index contributed by atoms with van der Waals surface area (Å²) in [6.07, 6.45) is 0.949. The number of nitro benzene ring substituents is 1. The number of hydrogen-bond donors (Lipinski definition) is 1. The molecule has 1 fully saturated rings. The van der Waals surface area contributed by atoms with Crippen molar-refractivity contribution in [1.82, 2.24) is 0 Å². The van der Waals surface area contributed by atoms with Gasteiger partial charge >= 0.3 is 5.69 Å². The largest absolute Gasteiger partial charge is 0.490 e. The van der Waals surface area contributed by atoms with Crippen LogP contribution < -0.4 is 10.1 Å². The molecule has 0 aliphatic heterocycles. The highest BCUT2D eigenvalue weighted by molar-refractivity contribution is 5.59. The van der Waals surface area contributed by atoms with Gasteiger partial charge in [-0.25, -0.2) is 4.39 Å². The van der Waals surface area contributed by atoms with Crippen LogP contribution in [0.5, 0.6) is 5.75 Å². The Hall–Kier alpha value is -2.63. The van der Waals surface area contributed by atoms with Gasteiger partial charge in [-0.1, -0.05) is 12.1 Å². The van der Waals surface area contributed by atoms with E-state index in [0.29, 0.717) is 5.92 Å². The third kappa shape index (κ3) is 2.86. The Kier molecular flexibility index (Phi) is 3.66. The number of nitro groups is 1. The molecule has 3 rings (SSSR count). The molecular formula is C16H15FN2O3. The van der Waals surface area contributed by atoms with Gasteiger partial charge in [-0.2, -0.15) is 0 Å². The normalized spacial score (nSPS) is 19.5.